The molecular weight excluding hydrogens is 298 g/mol. The summed E-state index contributed by atoms with van der Waals surface area (Å²) in [6.07, 6.45) is 3.56. The predicted molar refractivity (Wildman–Crippen MR) is 90.8 cm³/mol. The highest BCUT2D eigenvalue weighted by atomic mass is 35.5. The van der Waals surface area contributed by atoms with E-state index in [0.717, 1.165) is 24.0 Å². The number of hydrogen-bond donors (Lipinski definition) is 2. The van der Waals surface area contributed by atoms with Gasteiger partial charge in [-0.15, -0.1) is 12.4 Å². The number of hydrogen-bond acceptors (Lipinski definition) is 4. The number of benzene rings is 1. The van der Waals surface area contributed by atoms with Crippen molar-refractivity contribution in [2.45, 2.75) is 25.8 Å². The average molecular weight is 318 g/mol. The van der Waals surface area contributed by atoms with Gasteiger partial charge in [0.25, 0.3) is 0 Å². The zero-order valence-corrected chi connectivity index (χ0v) is 13.3. The smallest absolute Gasteiger partial charge is 0.208 e. The van der Waals surface area contributed by atoms with Crippen LogP contribution in [0.1, 0.15) is 31.4 Å². The van der Waals surface area contributed by atoms with Crippen LogP contribution < -0.4 is 10.4 Å². The van der Waals surface area contributed by atoms with Gasteiger partial charge in [-0.05, 0) is 24.1 Å². The molecule has 4 nitrogen and oxygen atoms in total. The van der Waals surface area contributed by atoms with E-state index in [4.69, 9.17) is 0 Å². The number of nitrogens with zero attached hydrogens (tertiary/aromatic N) is 2. The average Bonchev–Trinajstić information content (AvgIpc) is 2.87. The number of pyridine rings is 1. The number of hydrazine groups is 1. The molecule has 22 heavy (non-hydrogen) atoms. The molecule has 1 aromatic heterocycles. The zero-order chi connectivity index (χ0) is 14.7. The van der Waals surface area contributed by atoms with Crippen LogP contribution in [0.15, 0.2) is 66.2 Å². The molecule has 0 saturated carbocycles. The van der Waals surface area contributed by atoms with Crippen LogP contribution in [0.4, 0.5) is 5.82 Å². The first-order valence-corrected chi connectivity index (χ1v) is 7.25. The first-order chi connectivity index (χ1) is 10.3. The minimum absolute atomic E-state index is 0. The Labute approximate surface area is 136 Å². The predicted octanol–water partition coefficient (Wildman–Crippen LogP) is 4.14. The molecule has 0 bridgehead atoms. The van der Waals surface area contributed by atoms with E-state index in [1.165, 1.54) is 0 Å². The number of anilines is 1. The highest BCUT2D eigenvalue weighted by molar-refractivity contribution is 5.85. The van der Waals surface area contributed by atoms with Crippen LogP contribution >= 0.6 is 12.4 Å². The molecule has 2 aromatic rings. The van der Waals surface area contributed by atoms with Crippen LogP contribution in [-0.2, 0) is 0 Å². The van der Waals surface area contributed by atoms with Crippen LogP contribution in [0.5, 0.6) is 0 Å². The lowest BCUT2D eigenvalue weighted by molar-refractivity contribution is 0.384. The highest BCUT2D eigenvalue weighted by Gasteiger charge is 2.32. The van der Waals surface area contributed by atoms with Crippen molar-refractivity contribution in [2.75, 3.05) is 5.01 Å². The van der Waals surface area contributed by atoms with E-state index in [-0.39, 0.29) is 24.3 Å². The molecule has 0 spiro atoms. The van der Waals surface area contributed by atoms with Crippen molar-refractivity contribution in [3.8, 4) is 0 Å². The molecule has 1 aliphatic rings. The molecule has 1 aliphatic heterocycles. The van der Waals surface area contributed by atoms with E-state index in [9.17, 15) is 5.11 Å². The summed E-state index contributed by atoms with van der Waals surface area (Å²) in [5.74, 6) is 0.964. The molecule has 0 fully saturated rings. The molecule has 2 N–H and O–H groups in total. The van der Waals surface area contributed by atoms with Gasteiger partial charge in [0.2, 0.25) is 5.88 Å². The monoisotopic (exact) mass is 317 g/mol. The van der Waals surface area contributed by atoms with Crippen molar-refractivity contribution in [3.63, 3.8) is 0 Å². The van der Waals surface area contributed by atoms with Gasteiger partial charge in [0.1, 0.15) is 5.82 Å². The molecule has 3 rings (SSSR count). The Morgan fingerprint density at radius 1 is 1.14 bits per heavy atom. The van der Waals surface area contributed by atoms with E-state index in [0.29, 0.717) is 5.82 Å². The lowest BCUT2D eigenvalue weighted by Crippen LogP contribution is -2.34. The second kappa shape index (κ2) is 7.29. The highest BCUT2D eigenvalue weighted by Crippen LogP contribution is 2.35. The van der Waals surface area contributed by atoms with Crippen molar-refractivity contribution < 1.29 is 5.11 Å². The molecule has 1 unspecified atom stereocenters. The largest absolute Gasteiger partial charge is 0.493 e. The summed E-state index contributed by atoms with van der Waals surface area (Å²) >= 11 is 0. The fourth-order valence-corrected chi connectivity index (χ4v) is 2.65. The van der Waals surface area contributed by atoms with Crippen LogP contribution in [0, 0.1) is 0 Å². The summed E-state index contributed by atoms with van der Waals surface area (Å²) < 4.78 is 0. The number of aliphatic hydroxyl groups excluding tert-OH is 1. The van der Waals surface area contributed by atoms with Gasteiger partial charge in [-0.25, -0.2) is 15.4 Å². The van der Waals surface area contributed by atoms with Gasteiger partial charge >= 0.3 is 0 Å². The minimum atomic E-state index is -0.00634. The van der Waals surface area contributed by atoms with Gasteiger partial charge in [-0.2, -0.15) is 0 Å². The molecule has 0 amide bonds. The van der Waals surface area contributed by atoms with Crippen molar-refractivity contribution >= 4 is 18.2 Å². The van der Waals surface area contributed by atoms with Crippen LogP contribution in [0.25, 0.3) is 0 Å². The first-order valence-electron chi connectivity index (χ1n) is 7.25. The fraction of sp³-hybridized carbons (Fsp3) is 0.235. The van der Waals surface area contributed by atoms with E-state index < -0.39 is 0 Å². The number of halogens is 1. The van der Waals surface area contributed by atoms with Crippen molar-refractivity contribution in [1.29, 1.82) is 0 Å². The second-order valence-corrected chi connectivity index (χ2v) is 5.09. The van der Waals surface area contributed by atoms with Gasteiger partial charge in [-0.3, -0.25) is 0 Å². The number of aliphatic hydroxyl groups is 1. The number of aromatic nitrogens is 1. The Kier molecular flexibility index (Phi) is 5.41. The molecule has 5 heteroatoms. The van der Waals surface area contributed by atoms with E-state index in [2.05, 4.69) is 29.5 Å². The van der Waals surface area contributed by atoms with Crippen LogP contribution in [-0.4, -0.2) is 10.1 Å². The van der Waals surface area contributed by atoms with Gasteiger partial charge in [-0.1, -0.05) is 49.7 Å². The molecule has 0 saturated heterocycles. The SMILES string of the molecule is CCCC1=C(O)N(c2ccccn2)NC1c1ccccc1.Cl. The topological polar surface area (TPSA) is 48.4 Å². The van der Waals surface area contributed by atoms with E-state index in [1.807, 2.05) is 36.4 Å². The standard InChI is InChI=1S/C17H19N3O.ClH/c1-2-8-14-16(13-9-4-3-5-10-13)19-20(17(14)21)15-11-6-7-12-18-15;/h3-7,9-12,16,19,21H,2,8H2,1H3;1H. The first kappa shape index (κ1) is 16.3. The number of rotatable bonds is 4. The van der Waals surface area contributed by atoms with Gasteiger partial charge in [0, 0.05) is 11.8 Å². The molecule has 0 aliphatic carbocycles. The lowest BCUT2D eigenvalue weighted by atomic mass is 9.97. The quantitative estimate of drug-likeness (QED) is 0.889. The van der Waals surface area contributed by atoms with Gasteiger partial charge in [0.05, 0.1) is 6.04 Å². The Bertz CT molecular complexity index is 631. The Balaban J connectivity index is 0.00000176. The Hall–Kier alpha value is -2.04. The third kappa shape index (κ3) is 3.08. The van der Waals surface area contributed by atoms with E-state index in [1.54, 1.807) is 11.2 Å². The molecule has 0 radical (unpaired) electrons. The number of nitrogens with one attached hydrogen (secondary N) is 1. The van der Waals surface area contributed by atoms with Gasteiger partial charge in [0.15, 0.2) is 0 Å². The second-order valence-electron chi connectivity index (χ2n) is 5.09. The Morgan fingerprint density at radius 2 is 1.86 bits per heavy atom. The zero-order valence-electron chi connectivity index (χ0n) is 12.4. The third-order valence-corrected chi connectivity index (χ3v) is 3.64. The van der Waals surface area contributed by atoms with Crippen molar-refractivity contribution in [1.82, 2.24) is 10.4 Å². The molecular formula is C17H20ClN3O. The summed E-state index contributed by atoms with van der Waals surface area (Å²) in [7, 11) is 0. The van der Waals surface area contributed by atoms with Crippen molar-refractivity contribution in [3.05, 3.63) is 71.7 Å². The lowest BCUT2D eigenvalue weighted by Gasteiger charge is -2.20. The maximum atomic E-state index is 10.6. The maximum Gasteiger partial charge on any atom is 0.208 e. The molecule has 1 atom stereocenters. The Morgan fingerprint density at radius 3 is 2.50 bits per heavy atom. The summed E-state index contributed by atoms with van der Waals surface area (Å²) in [5, 5.41) is 12.2. The molecule has 116 valence electrons. The minimum Gasteiger partial charge on any atom is -0.493 e. The summed E-state index contributed by atoms with van der Waals surface area (Å²) in [6, 6.07) is 15.8. The van der Waals surface area contributed by atoms with Gasteiger partial charge < -0.3 is 5.11 Å². The van der Waals surface area contributed by atoms with Crippen molar-refractivity contribution in [2.24, 2.45) is 0 Å². The summed E-state index contributed by atoms with van der Waals surface area (Å²) in [5.41, 5.74) is 5.51. The maximum absolute atomic E-state index is 10.6. The molecule has 2 heterocycles. The summed E-state index contributed by atoms with van der Waals surface area (Å²) in [6.45, 7) is 2.12. The van der Waals surface area contributed by atoms with E-state index >= 15 is 0 Å². The fourth-order valence-electron chi connectivity index (χ4n) is 2.65. The van der Waals surface area contributed by atoms with Crippen LogP contribution in [0.2, 0.25) is 0 Å². The summed E-state index contributed by atoms with van der Waals surface area (Å²) in [4.78, 5) is 4.30. The third-order valence-electron chi connectivity index (χ3n) is 3.64. The van der Waals surface area contributed by atoms with Crippen LogP contribution in [0.3, 0.4) is 0 Å². The molecule has 1 aromatic carbocycles. The normalized spacial score (nSPS) is 17.5.